The van der Waals surface area contributed by atoms with Gasteiger partial charge in [-0.1, -0.05) is 12.1 Å². The number of halogens is 2. The molecule has 78 valence electrons. The van der Waals surface area contributed by atoms with E-state index >= 15 is 0 Å². The van der Waals surface area contributed by atoms with Gasteiger partial charge in [-0.15, -0.1) is 0 Å². The van der Waals surface area contributed by atoms with Crippen LogP contribution in [-0.4, -0.2) is 6.54 Å². The van der Waals surface area contributed by atoms with E-state index in [1.807, 2.05) is 0 Å². The van der Waals surface area contributed by atoms with Crippen molar-refractivity contribution in [3.63, 3.8) is 0 Å². The second-order valence-corrected chi connectivity index (χ2v) is 3.42. The largest absolute Gasteiger partial charge is 0.330 e. The third kappa shape index (κ3) is 2.51. The molecular weight excluding hydrogens is 184 g/mol. The quantitative estimate of drug-likeness (QED) is 0.741. The second kappa shape index (κ2) is 5.05. The monoisotopic (exact) mass is 199 g/mol. The Morgan fingerprint density at radius 3 is 2.50 bits per heavy atom. The summed E-state index contributed by atoms with van der Waals surface area (Å²) in [5, 5.41) is 0. The summed E-state index contributed by atoms with van der Waals surface area (Å²) >= 11 is 0. The molecule has 0 unspecified atom stereocenters. The van der Waals surface area contributed by atoms with Crippen LogP contribution in [-0.2, 0) is 6.42 Å². The molecule has 2 N–H and O–H groups in total. The minimum Gasteiger partial charge on any atom is -0.330 e. The van der Waals surface area contributed by atoms with Gasteiger partial charge in [0.05, 0.1) is 0 Å². The van der Waals surface area contributed by atoms with E-state index in [2.05, 4.69) is 0 Å². The van der Waals surface area contributed by atoms with Gasteiger partial charge in [0.25, 0.3) is 0 Å². The third-order valence-corrected chi connectivity index (χ3v) is 2.26. The zero-order chi connectivity index (χ0) is 10.6. The molecule has 1 aromatic rings. The second-order valence-electron chi connectivity index (χ2n) is 3.42. The van der Waals surface area contributed by atoms with Gasteiger partial charge >= 0.3 is 0 Å². The molecule has 14 heavy (non-hydrogen) atoms. The summed E-state index contributed by atoms with van der Waals surface area (Å²) in [7, 11) is 0. The van der Waals surface area contributed by atoms with E-state index in [9.17, 15) is 8.78 Å². The zero-order valence-corrected chi connectivity index (χ0v) is 8.32. The Labute approximate surface area is 82.9 Å². The average Bonchev–Trinajstić information content (AvgIpc) is 2.18. The molecule has 1 aromatic carbocycles. The van der Waals surface area contributed by atoms with Gasteiger partial charge in [0.15, 0.2) is 11.6 Å². The molecule has 0 heterocycles. The molecule has 0 aliphatic carbocycles. The molecule has 3 heteroatoms. The highest BCUT2D eigenvalue weighted by Crippen LogP contribution is 2.17. The first-order valence-corrected chi connectivity index (χ1v) is 4.80. The van der Waals surface area contributed by atoms with E-state index in [-0.39, 0.29) is 0 Å². The van der Waals surface area contributed by atoms with Crippen LogP contribution in [0.4, 0.5) is 8.78 Å². The Balaban J connectivity index is 2.73. The van der Waals surface area contributed by atoms with Gasteiger partial charge < -0.3 is 5.73 Å². The number of aryl methyl sites for hydroxylation is 2. The van der Waals surface area contributed by atoms with Gasteiger partial charge in [-0.05, 0) is 43.9 Å². The smallest absolute Gasteiger partial charge is 0.162 e. The Morgan fingerprint density at radius 1 is 1.14 bits per heavy atom. The van der Waals surface area contributed by atoms with Gasteiger partial charge in [-0.3, -0.25) is 0 Å². The lowest BCUT2D eigenvalue weighted by atomic mass is 10.1. The summed E-state index contributed by atoms with van der Waals surface area (Å²) in [5.74, 6) is -1.43. The van der Waals surface area contributed by atoms with E-state index in [4.69, 9.17) is 5.73 Å². The molecule has 0 amide bonds. The molecule has 0 aromatic heterocycles. The Bertz CT molecular complexity index is 310. The maximum atomic E-state index is 13.3. The van der Waals surface area contributed by atoms with Crippen LogP contribution in [0, 0.1) is 18.6 Å². The molecule has 0 fully saturated rings. The van der Waals surface area contributed by atoms with Gasteiger partial charge in [0.1, 0.15) is 0 Å². The molecule has 1 rings (SSSR count). The predicted molar refractivity (Wildman–Crippen MR) is 53.1 cm³/mol. The lowest BCUT2D eigenvalue weighted by molar-refractivity contribution is 0.491. The van der Waals surface area contributed by atoms with Gasteiger partial charge in [0, 0.05) is 0 Å². The molecule has 0 saturated carbocycles. The van der Waals surface area contributed by atoms with Gasteiger partial charge in [0.2, 0.25) is 0 Å². The fourth-order valence-electron chi connectivity index (χ4n) is 1.34. The number of benzene rings is 1. The highest BCUT2D eigenvalue weighted by molar-refractivity contribution is 5.25. The summed E-state index contributed by atoms with van der Waals surface area (Å²) in [4.78, 5) is 0. The highest BCUT2D eigenvalue weighted by atomic mass is 19.2. The predicted octanol–water partition coefficient (Wildman–Crippen LogP) is 2.55. The summed E-state index contributed by atoms with van der Waals surface area (Å²) in [6.45, 7) is 2.15. The molecule has 0 radical (unpaired) electrons. The van der Waals surface area contributed by atoms with Crippen molar-refractivity contribution in [1.29, 1.82) is 0 Å². The summed E-state index contributed by atoms with van der Waals surface area (Å²) < 4.78 is 26.4. The van der Waals surface area contributed by atoms with Crippen LogP contribution in [0.15, 0.2) is 12.1 Å². The Kier molecular flexibility index (Phi) is 4.01. The molecule has 0 aliphatic heterocycles. The Morgan fingerprint density at radius 2 is 1.86 bits per heavy atom. The SMILES string of the molecule is Cc1ccc(CCCCN)c(F)c1F. The van der Waals surface area contributed by atoms with E-state index in [0.29, 0.717) is 24.1 Å². The van der Waals surface area contributed by atoms with E-state index in [1.165, 1.54) is 0 Å². The van der Waals surface area contributed by atoms with Crippen LogP contribution in [0.5, 0.6) is 0 Å². The maximum absolute atomic E-state index is 13.3. The topological polar surface area (TPSA) is 26.0 Å². The first-order chi connectivity index (χ1) is 6.66. The maximum Gasteiger partial charge on any atom is 0.162 e. The van der Waals surface area contributed by atoms with Crippen molar-refractivity contribution in [1.82, 2.24) is 0 Å². The van der Waals surface area contributed by atoms with Crippen LogP contribution >= 0.6 is 0 Å². The van der Waals surface area contributed by atoms with Crippen molar-refractivity contribution < 1.29 is 8.78 Å². The van der Waals surface area contributed by atoms with Crippen LogP contribution in [0.2, 0.25) is 0 Å². The van der Waals surface area contributed by atoms with Crippen LogP contribution < -0.4 is 5.73 Å². The van der Waals surface area contributed by atoms with Crippen LogP contribution in [0.1, 0.15) is 24.0 Å². The molecule has 0 saturated heterocycles. The van der Waals surface area contributed by atoms with Gasteiger partial charge in [-0.25, -0.2) is 8.78 Å². The highest BCUT2D eigenvalue weighted by Gasteiger charge is 2.09. The molecule has 0 aliphatic rings. The lowest BCUT2D eigenvalue weighted by Crippen LogP contribution is -2.01. The standard InChI is InChI=1S/C11H15F2N/c1-8-5-6-9(4-2-3-7-14)11(13)10(8)12/h5-6H,2-4,7,14H2,1H3. The minimum atomic E-state index is -0.727. The average molecular weight is 199 g/mol. The molecule has 1 nitrogen and oxygen atoms in total. The Hall–Kier alpha value is -0.960. The van der Waals surface area contributed by atoms with Crippen LogP contribution in [0.25, 0.3) is 0 Å². The fraction of sp³-hybridized carbons (Fsp3) is 0.455. The van der Waals surface area contributed by atoms with Gasteiger partial charge in [-0.2, -0.15) is 0 Å². The van der Waals surface area contributed by atoms with Crippen molar-refractivity contribution in [2.24, 2.45) is 5.73 Å². The summed E-state index contributed by atoms with van der Waals surface area (Å²) in [6, 6.07) is 3.25. The molecule has 0 bridgehead atoms. The van der Waals surface area contributed by atoms with Crippen molar-refractivity contribution >= 4 is 0 Å². The number of hydrogen-bond donors (Lipinski definition) is 1. The van der Waals surface area contributed by atoms with Crippen LogP contribution in [0.3, 0.4) is 0 Å². The normalized spacial score (nSPS) is 10.6. The van der Waals surface area contributed by atoms with Crippen molar-refractivity contribution in [3.8, 4) is 0 Å². The summed E-state index contributed by atoms with van der Waals surface area (Å²) in [6.07, 6.45) is 2.20. The molecule has 0 atom stereocenters. The van der Waals surface area contributed by atoms with Crippen molar-refractivity contribution in [2.75, 3.05) is 6.54 Å². The summed E-state index contributed by atoms with van der Waals surface area (Å²) in [5.41, 5.74) is 6.11. The zero-order valence-electron chi connectivity index (χ0n) is 8.32. The lowest BCUT2D eigenvalue weighted by Gasteiger charge is -2.05. The minimum absolute atomic E-state index is 0.352. The fourth-order valence-corrected chi connectivity index (χ4v) is 1.34. The van der Waals surface area contributed by atoms with Crippen molar-refractivity contribution in [3.05, 3.63) is 34.9 Å². The number of nitrogens with two attached hydrogens (primary N) is 1. The van der Waals surface area contributed by atoms with E-state index in [0.717, 1.165) is 12.8 Å². The first kappa shape index (κ1) is 11.1. The van der Waals surface area contributed by atoms with Crippen molar-refractivity contribution in [2.45, 2.75) is 26.2 Å². The number of hydrogen-bond acceptors (Lipinski definition) is 1. The third-order valence-electron chi connectivity index (χ3n) is 2.26. The van der Waals surface area contributed by atoms with E-state index in [1.54, 1.807) is 19.1 Å². The number of rotatable bonds is 4. The number of unbranched alkanes of at least 4 members (excludes halogenated alkanes) is 1. The molecule has 0 spiro atoms. The van der Waals surface area contributed by atoms with E-state index < -0.39 is 11.6 Å². The first-order valence-electron chi connectivity index (χ1n) is 4.80. The molecular formula is C11H15F2N.